The number of carbonyl (C=O) groups is 1. The number of carbonyl (C=O) groups excluding carboxylic acids is 1. The first-order valence-corrected chi connectivity index (χ1v) is 7.73. The fraction of sp³-hybridized carbons (Fsp3) is 0.588. The predicted molar refractivity (Wildman–Crippen MR) is 86.3 cm³/mol. The number of benzene rings is 1. The van der Waals surface area contributed by atoms with Crippen LogP contribution in [0.1, 0.15) is 45.7 Å². The molecule has 0 saturated carbocycles. The summed E-state index contributed by atoms with van der Waals surface area (Å²) in [5.41, 5.74) is -0.224. The van der Waals surface area contributed by atoms with Crippen molar-refractivity contribution in [3.8, 4) is 0 Å². The van der Waals surface area contributed by atoms with Gasteiger partial charge >= 0.3 is 6.09 Å². The van der Waals surface area contributed by atoms with Crippen LogP contribution in [0.4, 0.5) is 13.6 Å². The molecule has 1 N–H and O–H groups in total. The highest BCUT2D eigenvalue weighted by molar-refractivity contribution is 5.67. The molecule has 1 rings (SSSR count). The quantitative estimate of drug-likeness (QED) is 0.806. The largest absolute Gasteiger partial charge is 0.444 e. The molecule has 1 amide bonds. The Morgan fingerprint density at radius 2 is 2.00 bits per heavy atom. The van der Waals surface area contributed by atoms with Crippen LogP contribution < -0.4 is 5.32 Å². The number of nitrogens with zero attached hydrogens (tertiary/aromatic N) is 1. The van der Waals surface area contributed by atoms with Gasteiger partial charge in [-0.05, 0) is 46.7 Å². The van der Waals surface area contributed by atoms with E-state index in [0.29, 0.717) is 25.1 Å². The molecule has 6 heteroatoms. The molecule has 1 unspecified atom stereocenters. The van der Waals surface area contributed by atoms with Crippen LogP contribution in [0.5, 0.6) is 0 Å². The van der Waals surface area contributed by atoms with E-state index in [1.54, 1.807) is 20.0 Å². The number of rotatable bonds is 6. The van der Waals surface area contributed by atoms with E-state index in [9.17, 15) is 13.6 Å². The van der Waals surface area contributed by atoms with Crippen LogP contribution in [-0.4, -0.2) is 36.7 Å². The third-order valence-electron chi connectivity index (χ3n) is 3.27. The summed E-state index contributed by atoms with van der Waals surface area (Å²) in [6.07, 6.45) is 0.304. The minimum absolute atomic E-state index is 0.297. The van der Waals surface area contributed by atoms with Crippen molar-refractivity contribution in [1.29, 1.82) is 0 Å². The van der Waals surface area contributed by atoms with E-state index < -0.39 is 17.2 Å². The zero-order valence-electron chi connectivity index (χ0n) is 14.5. The van der Waals surface area contributed by atoms with Gasteiger partial charge in [0, 0.05) is 25.2 Å². The van der Waals surface area contributed by atoms with Crippen molar-refractivity contribution in [1.82, 2.24) is 10.2 Å². The molecule has 4 nitrogen and oxygen atoms in total. The van der Waals surface area contributed by atoms with E-state index >= 15 is 0 Å². The third kappa shape index (κ3) is 6.52. The van der Waals surface area contributed by atoms with E-state index in [1.807, 2.05) is 20.8 Å². The average molecular weight is 328 g/mol. The number of halogens is 2. The van der Waals surface area contributed by atoms with Gasteiger partial charge in [0.1, 0.15) is 5.60 Å². The summed E-state index contributed by atoms with van der Waals surface area (Å²) in [7, 11) is 1.67. The molecule has 0 aliphatic carbocycles. The Morgan fingerprint density at radius 1 is 1.35 bits per heavy atom. The number of hydrogen-bond acceptors (Lipinski definition) is 3. The SMILES string of the molecule is CC(NCCCN(C)C(=O)OC(C)(C)C)c1cccc(F)c1F. The van der Waals surface area contributed by atoms with Crippen molar-refractivity contribution >= 4 is 6.09 Å². The molecule has 130 valence electrons. The summed E-state index contributed by atoms with van der Waals surface area (Å²) in [5.74, 6) is -1.67. The normalized spacial score (nSPS) is 12.8. The third-order valence-corrected chi connectivity index (χ3v) is 3.27. The van der Waals surface area contributed by atoms with E-state index in [1.165, 1.54) is 11.0 Å². The minimum Gasteiger partial charge on any atom is -0.444 e. The molecule has 0 spiro atoms. The van der Waals surface area contributed by atoms with Gasteiger partial charge < -0.3 is 15.0 Å². The Morgan fingerprint density at radius 3 is 2.61 bits per heavy atom. The van der Waals surface area contributed by atoms with E-state index in [0.717, 1.165) is 6.07 Å². The molecule has 1 aromatic carbocycles. The number of hydrogen-bond donors (Lipinski definition) is 1. The lowest BCUT2D eigenvalue weighted by Gasteiger charge is -2.24. The van der Waals surface area contributed by atoms with Gasteiger partial charge in [-0.1, -0.05) is 12.1 Å². The second kappa shape index (κ2) is 8.24. The summed E-state index contributed by atoms with van der Waals surface area (Å²) >= 11 is 0. The van der Waals surface area contributed by atoms with Crippen molar-refractivity contribution in [2.45, 2.75) is 45.8 Å². The smallest absolute Gasteiger partial charge is 0.410 e. The second-order valence-electron chi connectivity index (χ2n) is 6.57. The summed E-state index contributed by atoms with van der Waals surface area (Å²) in [5, 5.41) is 3.12. The second-order valence-corrected chi connectivity index (χ2v) is 6.57. The van der Waals surface area contributed by atoms with Crippen LogP contribution in [0.3, 0.4) is 0 Å². The maximum absolute atomic E-state index is 13.7. The molecule has 0 aliphatic heterocycles. The predicted octanol–water partition coefficient (Wildman–Crippen LogP) is 3.87. The molecule has 0 aromatic heterocycles. The van der Waals surface area contributed by atoms with Crippen molar-refractivity contribution in [3.63, 3.8) is 0 Å². The Balaban J connectivity index is 2.37. The van der Waals surface area contributed by atoms with Crippen molar-refractivity contribution in [3.05, 3.63) is 35.4 Å². The number of nitrogens with one attached hydrogen (secondary N) is 1. The minimum atomic E-state index is -0.846. The summed E-state index contributed by atoms with van der Waals surface area (Å²) in [4.78, 5) is 13.3. The van der Waals surface area contributed by atoms with Crippen LogP contribution in [0.25, 0.3) is 0 Å². The van der Waals surface area contributed by atoms with Crippen LogP contribution in [0, 0.1) is 11.6 Å². The van der Waals surface area contributed by atoms with Crippen molar-refractivity contribution in [2.24, 2.45) is 0 Å². The first kappa shape index (κ1) is 19.4. The molecule has 0 heterocycles. The molecule has 23 heavy (non-hydrogen) atoms. The van der Waals surface area contributed by atoms with Gasteiger partial charge in [0.15, 0.2) is 11.6 Å². The molecule has 0 aliphatic rings. The van der Waals surface area contributed by atoms with Gasteiger partial charge in [0.2, 0.25) is 0 Å². The Bertz CT molecular complexity index is 530. The maximum Gasteiger partial charge on any atom is 0.410 e. The molecule has 0 saturated heterocycles. The van der Waals surface area contributed by atoms with Crippen LogP contribution in [0.15, 0.2) is 18.2 Å². The summed E-state index contributed by atoms with van der Waals surface area (Å²) in [6, 6.07) is 3.84. The van der Waals surface area contributed by atoms with Gasteiger partial charge in [-0.2, -0.15) is 0 Å². The van der Waals surface area contributed by atoms with E-state index in [4.69, 9.17) is 4.74 Å². The molecular weight excluding hydrogens is 302 g/mol. The van der Waals surface area contributed by atoms with E-state index in [2.05, 4.69) is 5.32 Å². The van der Waals surface area contributed by atoms with Gasteiger partial charge in [0.25, 0.3) is 0 Å². The maximum atomic E-state index is 13.7. The zero-order valence-corrected chi connectivity index (χ0v) is 14.5. The number of amides is 1. The lowest BCUT2D eigenvalue weighted by Crippen LogP contribution is -2.35. The topological polar surface area (TPSA) is 41.6 Å². The highest BCUT2D eigenvalue weighted by Gasteiger charge is 2.19. The number of ether oxygens (including phenoxy) is 1. The summed E-state index contributed by atoms with van der Waals surface area (Å²) < 4.78 is 32.1. The van der Waals surface area contributed by atoms with Crippen LogP contribution in [0.2, 0.25) is 0 Å². The van der Waals surface area contributed by atoms with Gasteiger partial charge in [0.05, 0.1) is 0 Å². The van der Waals surface area contributed by atoms with Gasteiger partial charge in [-0.3, -0.25) is 0 Å². The lowest BCUT2D eigenvalue weighted by atomic mass is 10.1. The molecule has 0 bridgehead atoms. The standard InChI is InChI=1S/C17H26F2N2O2/c1-12(13-8-6-9-14(18)15(13)19)20-10-7-11-21(5)16(22)23-17(2,3)4/h6,8-9,12,20H,7,10-11H2,1-5H3. The molecule has 1 atom stereocenters. The first-order chi connectivity index (χ1) is 10.6. The Labute approximate surface area is 136 Å². The monoisotopic (exact) mass is 328 g/mol. The Kier molecular flexibility index (Phi) is 6.94. The Hall–Kier alpha value is -1.69. The van der Waals surface area contributed by atoms with Crippen molar-refractivity contribution < 1.29 is 18.3 Å². The fourth-order valence-corrected chi connectivity index (χ4v) is 2.03. The van der Waals surface area contributed by atoms with Gasteiger partial charge in [-0.15, -0.1) is 0 Å². The molecule has 0 fully saturated rings. The highest BCUT2D eigenvalue weighted by atomic mass is 19.2. The van der Waals surface area contributed by atoms with Gasteiger partial charge in [-0.25, -0.2) is 13.6 Å². The molecule has 1 aromatic rings. The van der Waals surface area contributed by atoms with Crippen LogP contribution >= 0.6 is 0 Å². The fourth-order valence-electron chi connectivity index (χ4n) is 2.03. The lowest BCUT2D eigenvalue weighted by molar-refractivity contribution is 0.0297. The van der Waals surface area contributed by atoms with Crippen molar-refractivity contribution in [2.75, 3.05) is 20.1 Å². The molecule has 0 radical (unpaired) electrons. The summed E-state index contributed by atoms with van der Waals surface area (Å²) in [6.45, 7) is 8.31. The zero-order chi connectivity index (χ0) is 17.6. The van der Waals surface area contributed by atoms with E-state index in [-0.39, 0.29) is 12.1 Å². The first-order valence-electron chi connectivity index (χ1n) is 7.73. The molecular formula is C17H26F2N2O2. The average Bonchev–Trinajstić information content (AvgIpc) is 2.44. The van der Waals surface area contributed by atoms with Crippen LogP contribution in [-0.2, 0) is 4.74 Å². The highest BCUT2D eigenvalue weighted by Crippen LogP contribution is 2.18.